The van der Waals surface area contributed by atoms with Crippen molar-refractivity contribution in [3.05, 3.63) is 51.1 Å². The molecule has 0 unspecified atom stereocenters. The number of nitrogens with zero attached hydrogens (tertiary/aromatic N) is 1. The highest BCUT2D eigenvalue weighted by molar-refractivity contribution is 6.43. The van der Waals surface area contributed by atoms with Crippen molar-refractivity contribution in [1.82, 2.24) is 4.98 Å². The summed E-state index contributed by atoms with van der Waals surface area (Å²) in [6.07, 6.45) is 0. The Morgan fingerprint density at radius 2 is 1.67 bits per heavy atom. The van der Waals surface area contributed by atoms with Crippen molar-refractivity contribution in [2.24, 2.45) is 0 Å². The zero-order valence-corrected chi connectivity index (χ0v) is 10.9. The van der Waals surface area contributed by atoms with E-state index < -0.39 is 11.6 Å². The van der Waals surface area contributed by atoms with Crippen LogP contribution >= 0.6 is 34.8 Å². The minimum atomic E-state index is -0.976. The molecule has 0 aliphatic rings. The minimum absolute atomic E-state index is 0.0613. The average molecular weight is 310 g/mol. The van der Waals surface area contributed by atoms with E-state index in [-0.39, 0.29) is 21.0 Å². The fourth-order valence-corrected chi connectivity index (χ4v) is 1.79. The molecule has 0 fully saturated rings. The van der Waals surface area contributed by atoms with Gasteiger partial charge in [0.1, 0.15) is 5.15 Å². The van der Waals surface area contributed by atoms with Crippen molar-refractivity contribution >= 4 is 46.3 Å². The molecule has 0 radical (unpaired) electrons. The number of benzene rings is 1. The van der Waals surface area contributed by atoms with E-state index in [1.54, 1.807) is 0 Å². The van der Waals surface area contributed by atoms with Crippen LogP contribution in [0.3, 0.4) is 0 Å². The number of halogens is 5. The van der Waals surface area contributed by atoms with E-state index in [2.05, 4.69) is 10.3 Å². The fraction of sp³-hybridized carbons (Fsp3) is 0. The predicted molar refractivity (Wildman–Crippen MR) is 68.9 cm³/mol. The highest BCUT2D eigenvalue weighted by atomic mass is 35.5. The lowest BCUT2D eigenvalue weighted by atomic mass is 10.3. The third-order valence-corrected chi connectivity index (χ3v) is 3.03. The molecule has 0 saturated heterocycles. The van der Waals surface area contributed by atoms with Gasteiger partial charge in [-0.3, -0.25) is 0 Å². The molecule has 1 N–H and O–H groups in total. The molecule has 7 heteroatoms. The van der Waals surface area contributed by atoms with Crippen molar-refractivity contribution in [3.63, 3.8) is 0 Å². The Morgan fingerprint density at radius 1 is 0.944 bits per heavy atom. The topological polar surface area (TPSA) is 24.9 Å². The van der Waals surface area contributed by atoms with Crippen LogP contribution in [0.4, 0.5) is 20.3 Å². The van der Waals surface area contributed by atoms with E-state index in [1.807, 2.05) is 0 Å². The van der Waals surface area contributed by atoms with Gasteiger partial charge in [-0.05, 0) is 18.2 Å². The van der Waals surface area contributed by atoms with Crippen LogP contribution in [-0.4, -0.2) is 4.98 Å². The van der Waals surface area contributed by atoms with Gasteiger partial charge >= 0.3 is 0 Å². The lowest BCUT2D eigenvalue weighted by molar-refractivity contribution is 0.509. The van der Waals surface area contributed by atoms with Gasteiger partial charge in [-0.25, -0.2) is 13.8 Å². The van der Waals surface area contributed by atoms with Crippen LogP contribution in [-0.2, 0) is 0 Å². The zero-order chi connectivity index (χ0) is 13.3. The first-order valence-electron chi connectivity index (χ1n) is 4.71. The van der Waals surface area contributed by atoms with Crippen LogP contribution in [0.5, 0.6) is 0 Å². The van der Waals surface area contributed by atoms with Crippen molar-refractivity contribution < 1.29 is 8.78 Å². The molecule has 94 valence electrons. The smallest absolute Gasteiger partial charge is 0.160 e. The van der Waals surface area contributed by atoms with Gasteiger partial charge in [0.25, 0.3) is 0 Å². The average Bonchev–Trinajstić information content (AvgIpc) is 2.31. The van der Waals surface area contributed by atoms with Gasteiger partial charge in [-0.15, -0.1) is 0 Å². The maximum absolute atomic E-state index is 13.0. The quantitative estimate of drug-likeness (QED) is 0.784. The SMILES string of the molecule is Fc1ccc(Nc2nc(Cl)c(Cl)cc2Cl)cc1F. The molecule has 0 aliphatic heterocycles. The molecule has 0 amide bonds. The van der Waals surface area contributed by atoms with Gasteiger partial charge in [-0.1, -0.05) is 34.8 Å². The zero-order valence-electron chi connectivity index (χ0n) is 8.65. The van der Waals surface area contributed by atoms with Crippen molar-refractivity contribution in [2.75, 3.05) is 5.32 Å². The Morgan fingerprint density at radius 3 is 2.33 bits per heavy atom. The van der Waals surface area contributed by atoms with Crippen LogP contribution < -0.4 is 5.32 Å². The third kappa shape index (κ3) is 2.83. The standard InChI is InChI=1S/C11H5Cl3F2N2/c12-6-4-7(13)11(18-10(6)14)17-5-1-2-8(15)9(16)3-5/h1-4H,(H,17,18). The molecule has 0 aliphatic carbocycles. The summed E-state index contributed by atoms with van der Waals surface area (Å²) >= 11 is 17.3. The van der Waals surface area contributed by atoms with E-state index in [0.29, 0.717) is 5.69 Å². The van der Waals surface area contributed by atoms with Crippen LogP contribution in [0.2, 0.25) is 15.2 Å². The maximum atomic E-state index is 13.0. The highest BCUT2D eigenvalue weighted by Gasteiger charge is 2.09. The molecule has 2 aromatic rings. The van der Waals surface area contributed by atoms with E-state index >= 15 is 0 Å². The highest BCUT2D eigenvalue weighted by Crippen LogP contribution is 2.30. The first-order chi connectivity index (χ1) is 8.47. The van der Waals surface area contributed by atoms with E-state index in [4.69, 9.17) is 34.8 Å². The summed E-state index contributed by atoms with van der Waals surface area (Å²) in [5, 5.41) is 3.20. The number of rotatable bonds is 2. The maximum Gasteiger partial charge on any atom is 0.160 e. The largest absolute Gasteiger partial charge is 0.339 e. The second-order valence-corrected chi connectivity index (χ2v) is 4.52. The summed E-state index contributed by atoms with van der Waals surface area (Å²) in [6.45, 7) is 0. The minimum Gasteiger partial charge on any atom is -0.339 e. The summed E-state index contributed by atoms with van der Waals surface area (Å²) < 4.78 is 25.8. The monoisotopic (exact) mass is 308 g/mol. The Hall–Kier alpha value is -1.10. The van der Waals surface area contributed by atoms with Gasteiger partial charge in [0.15, 0.2) is 17.5 Å². The molecule has 0 atom stereocenters. The fourth-order valence-electron chi connectivity index (χ4n) is 1.24. The molecule has 1 aromatic carbocycles. The van der Waals surface area contributed by atoms with E-state index in [1.165, 1.54) is 12.1 Å². The third-order valence-electron chi connectivity index (χ3n) is 2.07. The van der Waals surface area contributed by atoms with Gasteiger partial charge in [0, 0.05) is 11.8 Å². The molecule has 0 saturated carbocycles. The van der Waals surface area contributed by atoms with Gasteiger partial charge in [0.05, 0.1) is 10.0 Å². The molecule has 18 heavy (non-hydrogen) atoms. The number of anilines is 2. The van der Waals surface area contributed by atoms with Gasteiger partial charge < -0.3 is 5.32 Å². The second-order valence-electron chi connectivity index (χ2n) is 3.35. The normalized spacial score (nSPS) is 10.5. The first kappa shape index (κ1) is 13.3. The molecule has 1 heterocycles. The molecule has 1 aromatic heterocycles. The number of nitrogens with one attached hydrogen (secondary N) is 1. The summed E-state index contributed by atoms with van der Waals surface area (Å²) in [7, 11) is 0. The molecule has 2 nitrogen and oxygen atoms in total. The van der Waals surface area contributed by atoms with Crippen LogP contribution in [0.25, 0.3) is 0 Å². The Bertz CT molecular complexity index is 605. The molecule has 2 rings (SSSR count). The van der Waals surface area contributed by atoms with E-state index in [9.17, 15) is 8.78 Å². The Labute approximate surface area is 116 Å². The summed E-state index contributed by atoms with van der Waals surface area (Å²) in [4.78, 5) is 3.89. The van der Waals surface area contributed by atoms with Crippen molar-refractivity contribution in [3.8, 4) is 0 Å². The lowest BCUT2D eigenvalue weighted by Crippen LogP contribution is -1.96. The summed E-state index contributed by atoms with van der Waals surface area (Å²) in [5.41, 5.74) is 0.293. The molecule has 0 bridgehead atoms. The van der Waals surface area contributed by atoms with Crippen LogP contribution in [0, 0.1) is 11.6 Å². The lowest BCUT2D eigenvalue weighted by Gasteiger charge is -2.08. The van der Waals surface area contributed by atoms with Gasteiger partial charge in [-0.2, -0.15) is 0 Å². The number of aromatic nitrogens is 1. The van der Waals surface area contributed by atoms with Crippen molar-refractivity contribution in [1.29, 1.82) is 0 Å². The summed E-state index contributed by atoms with van der Waals surface area (Å²) in [5.74, 6) is -1.71. The van der Waals surface area contributed by atoms with Crippen LogP contribution in [0.15, 0.2) is 24.3 Å². The van der Waals surface area contributed by atoms with Crippen LogP contribution in [0.1, 0.15) is 0 Å². The first-order valence-corrected chi connectivity index (χ1v) is 5.84. The van der Waals surface area contributed by atoms with Crippen molar-refractivity contribution in [2.45, 2.75) is 0 Å². The van der Waals surface area contributed by atoms with E-state index in [0.717, 1.165) is 12.1 Å². The number of hydrogen-bond donors (Lipinski definition) is 1. The predicted octanol–water partition coefficient (Wildman–Crippen LogP) is 5.06. The number of hydrogen-bond acceptors (Lipinski definition) is 2. The molecular weight excluding hydrogens is 304 g/mol. The molecular formula is C11H5Cl3F2N2. The Kier molecular flexibility index (Phi) is 3.90. The second kappa shape index (κ2) is 5.26. The van der Waals surface area contributed by atoms with Gasteiger partial charge in [0.2, 0.25) is 0 Å². The Balaban J connectivity index is 2.34. The number of pyridine rings is 1. The molecule has 0 spiro atoms. The summed E-state index contributed by atoms with van der Waals surface area (Å²) in [6, 6.07) is 4.72.